The van der Waals surface area contributed by atoms with E-state index in [9.17, 15) is 0 Å². The van der Waals surface area contributed by atoms with Gasteiger partial charge in [0, 0.05) is 13.1 Å². The molecule has 1 aliphatic heterocycles. The average Bonchev–Trinajstić information content (AvgIpc) is 1.95. The summed E-state index contributed by atoms with van der Waals surface area (Å²) in [5, 5.41) is 0. The van der Waals surface area contributed by atoms with Gasteiger partial charge >= 0.3 is 0 Å². The van der Waals surface area contributed by atoms with Crippen LogP contribution in [0.3, 0.4) is 0 Å². The number of piperidine rings is 1. The van der Waals surface area contributed by atoms with E-state index in [-0.39, 0.29) is 0 Å². The Morgan fingerprint density at radius 3 is 2.40 bits per heavy atom. The Balaban J connectivity index is 2.13. The summed E-state index contributed by atoms with van der Waals surface area (Å²) >= 11 is 0. The molecule has 0 spiro atoms. The first-order valence-corrected chi connectivity index (χ1v) is 6.30. The fourth-order valence-corrected chi connectivity index (χ4v) is 2.82. The molecule has 0 saturated carbocycles. The second-order valence-corrected chi connectivity index (χ2v) is 5.30. The van der Waals surface area contributed by atoms with E-state index in [0.717, 1.165) is 5.92 Å². The van der Waals surface area contributed by atoms with Gasteiger partial charge < -0.3 is 0 Å². The Morgan fingerprint density at radius 2 is 1.90 bits per heavy atom. The molecular formula is C7H15NS2. The van der Waals surface area contributed by atoms with Crippen LogP contribution in [0.2, 0.25) is 0 Å². The molecule has 0 aromatic heterocycles. The molecule has 10 heavy (non-hydrogen) atoms. The summed E-state index contributed by atoms with van der Waals surface area (Å²) in [5.41, 5.74) is 0. The molecule has 60 valence electrons. The van der Waals surface area contributed by atoms with Crippen molar-refractivity contribution in [1.29, 1.82) is 0 Å². The Morgan fingerprint density at radius 1 is 1.30 bits per heavy atom. The molecule has 1 fully saturated rings. The van der Waals surface area contributed by atoms with Crippen molar-refractivity contribution in [2.24, 2.45) is 5.92 Å². The Hall–Kier alpha value is 0.660. The van der Waals surface area contributed by atoms with E-state index in [4.69, 9.17) is 0 Å². The molecule has 1 nitrogen and oxygen atoms in total. The van der Waals surface area contributed by atoms with Gasteiger partial charge in [0.05, 0.1) is 0 Å². The fraction of sp³-hybridized carbons (Fsp3) is 1.00. The first kappa shape index (κ1) is 8.75. The van der Waals surface area contributed by atoms with Gasteiger partial charge in [-0.3, -0.25) is 0 Å². The van der Waals surface area contributed by atoms with E-state index in [0.29, 0.717) is 0 Å². The number of nitrogens with zero attached hydrogens (tertiary/aromatic N) is 1. The van der Waals surface area contributed by atoms with Gasteiger partial charge in [-0.1, -0.05) is 17.7 Å². The standard InChI is InChI=1S/C7H15NS2/c1-7-3-5-8(6-4-7)10-9-2/h7H,3-6H2,1-2H3. The number of hydrogen-bond donors (Lipinski definition) is 0. The van der Waals surface area contributed by atoms with Crippen LogP contribution in [0.25, 0.3) is 0 Å². The van der Waals surface area contributed by atoms with Crippen molar-refractivity contribution in [2.45, 2.75) is 19.8 Å². The summed E-state index contributed by atoms with van der Waals surface area (Å²) < 4.78 is 2.46. The zero-order chi connectivity index (χ0) is 7.40. The van der Waals surface area contributed by atoms with Crippen LogP contribution >= 0.6 is 21.8 Å². The highest BCUT2D eigenvalue weighted by atomic mass is 33.1. The molecule has 0 unspecified atom stereocenters. The molecule has 1 aliphatic rings. The van der Waals surface area contributed by atoms with Gasteiger partial charge in [-0.15, -0.1) is 0 Å². The molecule has 3 heteroatoms. The van der Waals surface area contributed by atoms with E-state index in [1.807, 2.05) is 21.8 Å². The van der Waals surface area contributed by atoms with Gasteiger partial charge in [0.15, 0.2) is 0 Å². The molecule has 1 saturated heterocycles. The van der Waals surface area contributed by atoms with E-state index in [1.165, 1.54) is 25.9 Å². The quantitative estimate of drug-likeness (QED) is 0.471. The van der Waals surface area contributed by atoms with Crippen LogP contribution in [0.15, 0.2) is 0 Å². The second kappa shape index (κ2) is 4.52. The summed E-state index contributed by atoms with van der Waals surface area (Å²) in [5.74, 6) is 0.957. The van der Waals surface area contributed by atoms with Gasteiger partial charge in [0.25, 0.3) is 0 Å². The first-order valence-electron chi connectivity index (χ1n) is 3.78. The fourth-order valence-electron chi connectivity index (χ4n) is 1.16. The molecule has 0 radical (unpaired) electrons. The molecule has 0 N–H and O–H groups in total. The third-order valence-corrected chi connectivity index (χ3v) is 3.73. The lowest BCUT2D eigenvalue weighted by molar-refractivity contribution is 0.310. The van der Waals surface area contributed by atoms with E-state index in [1.54, 1.807) is 0 Å². The number of hydrogen-bond acceptors (Lipinski definition) is 3. The molecule has 1 heterocycles. The zero-order valence-electron chi connectivity index (χ0n) is 6.67. The van der Waals surface area contributed by atoms with Gasteiger partial charge in [0.2, 0.25) is 0 Å². The summed E-state index contributed by atoms with van der Waals surface area (Å²) in [4.78, 5) is 0. The van der Waals surface area contributed by atoms with Gasteiger partial charge in [-0.25, -0.2) is 4.31 Å². The van der Waals surface area contributed by atoms with E-state index < -0.39 is 0 Å². The predicted octanol–water partition coefficient (Wildman–Crippen LogP) is 2.64. The van der Waals surface area contributed by atoms with E-state index in [2.05, 4.69) is 17.5 Å². The topological polar surface area (TPSA) is 3.24 Å². The molecule has 0 atom stereocenters. The normalized spacial score (nSPS) is 23.4. The zero-order valence-corrected chi connectivity index (χ0v) is 8.30. The van der Waals surface area contributed by atoms with Crippen molar-refractivity contribution in [2.75, 3.05) is 19.3 Å². The van der Waals surface area contributed by atoms with Crippen LogP contribution in [-0.2, 0) is 0 Å². The monoisotopic (exact) mass is 177 g/mol. The van der Waals surface area contributed by atoms with Crippen LogP contribution in [0.4, 0.5) is 0 Å². The minimum absolute atomic E-state index is 0.957. The summed E-state index contributed by atoms with van der Waals surface area (Å²) in [6, 6.07) is 0. The third kappa shape index (κ3) is 2.72. The molecule has 0 bridgehead atoms. The maximum atomic E-state index is 2.46. The summed E-state index contributed by atoms with van der Waals surface area (Å²) in [6.07, 6.45) is 4.91. The average molecular weight is 177 g/mol. The SMILES string of the molecule is CSSN1CCC(C)CC1. The maximum absolute atomic E-state index is 2.46. The third-order valence-electron chi connectivity index (χ3n) is 1.92. The van der Waals surface area contributed by atoms with Crippen LogP contribution < -0.4 is 0 Å². The van der Waals surface area contributed by atoms with Crippen LogP contribution in [0.1, 0.15) is 19.8 Å². The van der Waals surface area contributed by atoms with E-state index >= 15 is 0 Å². The molecule has 0 aliphatic carbocycles. The van der Waals surface area contributed by atoms with Crippen molar-refractivity contribution >= 4 is 21.8 Å². The minimum atomic E-state index is 0.957. The van der Waals surface area contributed by atoms with Crippen molar-refractivity contribution in [3.05, 3.63) is 0 Å². The smallest absolute Gasteiger partial charge is 0.00997 e. The van der Waals surface area contributed by atoms with Crippen molar-refractivity contribution in [3.63, 3.8) is 0 Å². The van der Waals surface area contributed by atoms with Crippen molar-refractivity contribution in [1.82, 2.24) is 4.31 Å². The lowest BCUT2D eigenvalue weighted by Gasteiger charge is -2.27. The highest BCUT2D eigenvalue weighted by Crippen LogP contribution is 2.28. The molecule has 0 aromatic rings. The van der Waals surface area contributed by atoms with Gasteiger partial charge in [-0.05, 0) is 36.0 Å². The predicted molar refractivity (Wildman–Crippen MR) is 51.1 cm³/mol. The lowest BCUT2D eigenvalue weighted by atomic mass is 10.0. The maximum Gasteiger partial charge on any atom is 0.00997 e. The summed E-state index contributed by atoms with van der Waals surface area (Å²) in [7, 11) is 3.76. The second-order valence-electron chi connectivity index (χ2n) is 2.85. The Kier molecular flexibility index (Phi) is 3.96. The van der Waals surface area contributed by atoms with Crippen LogP contribution in [0, 0.1) is 5.92 Å². The lowest BCUT2D eigenvalue weighted by Crippen LogP contribution is -2.26. The molecule has 0 amide bonds. The van der Waals surface area contributed by atoms with Crippen LogP contribution in [0.5, 0.6) is 0 Å². The van der Waals surface area contributed by atoms with Crippen LogP contribution in [-0.4, -0.2) is 23.7 Å². The van der Waals surface area contributed by atoms with Gasteiger partial charge in [-0.2, -0.15) is 0 Å². The minimum Gasteiger partial charge on any atom is -0.241 e. The molecule has 1 rings (SSSR count). The number of rotatable bonds is 2. The molecular weight excluding hydrogens is 162 g/mol. The highest BCUT2D eigenvalue weighted by molar-refractivity contribution is 8.75. The van der Waals surface area contributed by atoms with Gasteiger partial charge in [0.1, 0.15) is 0 Å². The highest BCUT2D eigenvalue weighted by Gasteiger charge is 2.14. The Bertz CT molecular complexity index is 89.6. The Labute approximate surface area is 71.5 Å². The molecule has 0 aromatic carbocycles. The first-order chi connectivity index (χ1) is 4.83. The largest absolute Gasteiger partial charge is 0.241 e. The van der Waals surface area contributed by atoms with Crippen molar-refractivity contribution < 1.29 is 0 Å². The summed E-state index contributed by atoms with van der Waals surface area (Å²) in [6.45, 7) is 4.92. The van der Waals surface area contributed by atoms with Crippen molar-refractivity contribution in [3.8, 4) is 0 Å².